The van der Waals surface area contributed by atoms with Gasteiger partial charge in [0.15, 0.2) is 11.5 Å². The van der Waals surface area contributed by atoms with Gasteiger partial charge in [-0.2, -0.15) is 4.52 Å². The smallest absolute Gasteiger partial charge is 0.220 e. The second kappa shape index (κ2) is 9.67. The second-order valence-electron chi connectivity index (χ2n) is 7.67. The molecule has 0 radical (unpaired) electrons. The summed E-state index contributed by atoms with van der Waals surface area (Å²) in [5, 5.41) is 16.2. The number of carbonyl (C=O) groups is 1. The Balaban J connectivity index is 1.30. The van der Waals surface area contributed by atoms with Crippen LogP contribution in [0.3, 0.4) is 0 Å². The van der Waals surface area contributed by atoms with E-state index in [1.807, 2.05) is 37.3 Å². The molecule has 0 spiro atoms. The summed E-state index contributed by atoms with van der Waals surface area (Å²) in [6, 6.07) is 14.3. The molecule has 1 amide bonds. The first kappa shape index (κ1) is 20.3. The maximum absolute atomic E-state index is 12.4. The fourth-order valence-corrected chi connectivity index (χ4v) is 3.61. The molecule has 1 aliphatic rings. The number of nitrogens with zero attached hydrogens (tertiary/aromatic N) is 5. The van der Waals surface area contributed by atoms with E-state index < -0.39 is 0 Å². The molecule has 0 bridgehead atoms. The Morgan fingerprint density at radius 1 is 1.10 bits per heavy atom. The van der Waals surface area contributed by atoms with E-state index in [-0.39, 0.29) is 11.9 Å². The number of aromatic nitrogens is 4. The largest absolute Gasteiger partial charge is 0.378 e. The summed E-state index contributed by atoms with van der Waals surface area (Å²) in [6.45, 7) is 5.09. The molecule has 1 atom stereocenters. The molecule has 30 heavy (non-hydrogen) atoms. The van der Waals surface area contributed by atoms with Crippen molar-refractivity contribution in [3.8, 4) is 0 Å². The highest BCUT2D eigenvalue weighted by Gasteiger charge is 2.16. The lowest BCUT2D eigenvalue weighted by Crippen LogP contribution is -2.37. The molecule has 1 aliphatic heterocycles. The normalized spacial score (nSPS) is 15.3. The highest BCUT2D eigenvalue weighted by Crippen LogP contribution is 2.14. The van der Waals surface area contributed by atoms with Crippen LogP contribution < -0.4 is 10.2 Å². The van der Waals surface area contributed by atoms with Crippen LogP contribution in [0.2, 0.25) is 0 Å². The number of nitrogens with one attached hydrogen (secondary N) is 1. The minimum absolute atomic E-state index is 0.0247. The Kier molecular flexibility index (Phi) is 6.53. The van der Waals surface area contributed by atoms with Crippen LogP contribution >= 0.6 is 0 Å². The van der Waals surface area contributed by atoms with Gasteiger partial charge in [-0.3, -0.25) is 4.79 Å². The zero-order chi connectivity index (χ0) is 20.8. The van der Waals surface area contributed by atoms with Gasteiger partial charge in [-0.1, -0.05) is 30.3 Å². The molecule has 8 heteroatoms. The minimum atomic E-state index is 0.0247. The number of hydrogen-bond acceptors (Lipinski definition) is 6. The van der Waals surface area contributed by atoms with Gasteiger partial charge < -0.3 is 15.0 Å². The predicted octanol–water partition coefficient (Wildman–Crippen LogP) is 2.03. The number of hydrogen-bond donors (Lipinski definition) is 1. The number of rotatable bonds is 8. The quantitative estimate of drug-likeness (QED) is 0.614. The Hall–Kier alpha value is -3.00. The summed E-state index contributed by atoms with van der Waals surface area (Å²) in [6.07, 6.45) is 2.72. The van der Waals surface area contributed by atoms with Crippen LogP contribution in [0.4, 0.5) is 5.82 Å². The van der Waals surface area contributed by atoms with Gasteiger partial charge in [0.05, 0.1) is 13.2 Å². The van der Waals surface area contributed by atoms with Gasteiger partial charge in [0.25, 0.3) is 0 Å². The first-order valence-corrected chi connectivity index (χ1v) is 10.6. The topological polar surface area (TPSA) is 84.7 Å². The third-order valence-electron chi connectivity index (χ3n) is 5.34. The Morgan fingerprint density at radius 3 is 2.70 bits per heavy atom. The van der Waals surface area contributed by atoms with E-state index in [4.69, 9.17) is 9.84 Å². The van der Waals surface area contributed by atoms with Crippen LogP contribution in [-0.2, 0) is 22.4 Å². The van der Waals surface area contributed by atoms with Gasteiger partial charge in [-0.15, -0.1) is 15.3 Å². The molecular weight excluding hydrogens is 380 g/mol. The summed E-state index contributed by atoms with van der Waals surface area (Å²) in [7, 11) is 0. The Morgan fingerprint density at radius 2 is 1.90 bits per heavy atom. The van der Waals surface area contributed by atoms with E-state index in [2.05, 4.69) is 32.5 Å². The van der Waals surface area contributed by atoms with Gasteiger partial charge in [-0.05, 0) is 37.5 Å². The van der Waals surface area contributed by atoms with Crippen LogP contribution in [-0.4, -0.2) is 58.1 Å². The van der Waals surface area contributed by atoms with Crippen LogP contribution in [0.5, 0.6) is 0 Å². The van der Waals surface area contributed by atoms with Gasteiger partial charge in [0.2, 0.25) is 5.91 Å². The van der Waals surface area contributed by atoms with E-state index in [9.17, 15) is 4.79 Å². The van der Waals surface area contributed by atoms with Crippen LogP contribution in [0.15, 0.2) is 42.5 Å². The van der Waals surface area contributed by atoms with Crippen LogP contribution in [0.1, 0.15) is 31.2 Å². The molecule has 3 heterocycles. The van der Waals surface area contributed by atoms with E-state index >= 15 is 0 Å². The lowest BCUT2D eigenvalue weighted by molar-refractivity contribution is -0.121. The van der Waals surface area contributed by atoms with E-state index in [1.165, 1.54) is 5.56 Å². The Labute approximate surface area is 176 Å². The lowest BCUT2D eigenvalue weighted by atomic mass is 10.1. The summed E-state index contributed by atoms with van der Waals surface area (Å²) in [4.78, 5) is 14.6. The maximum atomic E-state index is 12.4. The molecule has 1 saturated heterocycles. The highest BCUT2D eigenvalue weighted by atomic mass is 16.5. The summed E-state index contributed by atoms with van der Waals surface area (Å²) in [5.74, 6) is 1.61. The predicted molar refractivity (Wildman–Crippen MR) is 115 cm³/mol. The zero-order valence-corrected chi connectivity index (χ0v) is 17.3. The van der Waals surface area contributed by atoms with Crippen molar-refractivity contribution in [1.29, 1.82) is 0 Å². The van der Waals surface area contributed by atoms with Gasteiger partial charge in [0, 0.05) is 32.0 Å². The molecule has 0 saturated carbocycles. The number of ether oxygens (including phenoxy) is 1. The first-order chi connectivity index (χ1) is 14.7. The molecule has 0 aliphatic carbocycles. The van der Waals surface area contributed by atoms with Crippen LogP contribution in [0.25, 0.3) is 5.65 Å². The first-order valence-electron chi connectivity index (χ1n) is 10.6. The summed E-state index contributed by atoms with van der Waals surface area (Å²) < 4.78 is 7.16. The van der Waals surface area contributed by atoms with Crippen molar-refractivity contribution in [3.05, 3.63) is 53.9 Å². The maximum Gasteiger partial charge on any atom is 0.220 e. The lowest BCUT2D eigenvalue weighted by Gasteiger charge is -2.27. The van der Waals surface area contributed by atoms with Gasteiger partial charge in [-0.25, -0.2) is 0 Å². The zero-order valence-electron chi connectivity index (χ0n) is 17.3. The number of carbonyl (C=O) groups excluding carboxylic acids is 1. The average molecular weight is 409 g/mol. The van der Waals surface area contributed by atoms with Crippen molar-refractivity contribution in [1.82, 2.24) is 25.1 Å². The number of morpholine rings is 1. The van der Waals surface area contributed by atoms with Crippen molar-refractivity contribution in [2.75, 3.05) is 31.2 Å². The fraction of sp³-hybridized carbons (Fsp3) is 0.455. The number of amides is 1. The van der Waals surface area contributed by atoms with Crippen molar-refractivity contribution in [2.45, 2.75) is 38.6 Å². The third kappa shape index (κ3) is 5.13. The molecule has 3 aromatic rings. The summed E-state index contributed by atoms with van der Waals surface area (Å²) >= 11 is 0. The number of anilines is 1. The number of fused-ring (bicyclic) bond motifs is 1. The fourth-order valence-electron chi connectivity index (χ4n) is 3.61. The van der Waals surface area contributed by atoms with Crippen molar-refractivity contribution in [3.63, 3.8) is 0 Å². The molecule has 2 aromatic heterocycles. The third-order valence-corrected chi connectivity index (χ3v) is 5.34. The molecule has 4 rings (SSSR count). The average Bonchev–Trinajstić information content (AvgIpc) is 3.20. The van der Waals surface area contributed by atoms with E-state index in [0.29, 0.717) is 37.5 Å². The molecule has 158 valence electrons. The number of benzene rings is 1. The molecule has 8 nitrogen and oxygen atoms in total. The monoisotopic (exact) mass is 408 g/mol. The SMILES string of the molecule is C[C@@H](CCc1ccccc1)NC(=O)CCc1nnc2ccc(N3CCOCC3)nn12. The second-order valence-corrected chi connectivity index (χ2v) is 7.67. The molecule has 0 unspecified atom stereocenters. The number of aryl methyl sites for hydroxylation is 2. The Bertz CT molecular complexity index is 968. The molecule has 1 aromatic carbocycles. The van der Waals surface area contributed by atoms with Crippen molar-refractivity contribution in [2.24, 2.45) is 0 Å². The molecular formula is C22H28N6O2. The van der Waals surface area contributed by atoms with E-state index in [1.54, 1.807) is 4.52 Å². The van der Waals surface area contributed by atoms with Crippen molar-refractivity contribution >= 4 is 17.4 Å². The standard InChI is InChI=1S/C22H28N6O2/c1-17(7-8-18-5-3-2-4-6-18)23-22(29)12-11-20-25-24-19-9-10-21(26-28(19)20)27-13-15-30-16-14-27/h2-6,9-10,17H,7-8,11-16H2,1H3,(H,23,29)/t17-/m0/s1. The van der Waals surface area contributed by atoms with Crippen LogP contribution in [0, 0.1) is 0 Å². The van der Waals surface area contributed by atoms with Crippen molar-refractivity contribution < 1.29 is 9.53 Å². The molecule has 1 N–H and O–H groups in total. The van der Waals surface area contributed by atoms with E-state index in [0.717, 1.165) is 31.7 Å². The highest BCUT2D eigenvalue weighted by molar-refractivity contribution is 5.76. The van der Waals surface area contributed by atoms with Gasteiger partial charge >= 0.3 is 0 Å². The van der Waals surface area contributed by atoms with Gasteiger partial charge in [0.1, 0.15) is 5.82 Å². The summed E-state index contributed by atoms with van der Waals surface area (Å²) in [5.41, 5.74) is 1.98. The molecule has 1 fully saturated rings. The minimum Gasteiger partial charge on any atom is -0.378 e.